The summed E-state index contributed by atoms with van der Waals surface area (Å²) >= 11 is 0. The molecule has 0 aliphatic rings. The molecular formula is C24H22N4O3. The molecule has 2 aromatic heterocycles. The van der Waals surface area contributed by atoms with Crippen molar-refractivity contribution in [3.63, 3.8) is 0 Å². The summed E-state index contributed by atoms with van der Waals surface area (Å²) in [5.74, 6) is 1.55. The van der Waals surface area contributed by atoms with E-state index in [1.165, 1.54) is 0 Å². The van der Waals surface area contributed by atoms with E-state index >= 15 is 0 Å². The van der Waals surface area contributed by atoms with Crippen molar-refractivity contribution in [1.29, 1.82) is 0 Å². The number of hydrogen-bond donors (Lipinski definition) is 1. The Morgan fingerprint density at radius 2 is 1.61 bits per heavy atom. The lowest BCUT2D eigenvalue weighted by Gasteiger charge is -2.10. The summed E-state index contributed by atoms with van der Waals surface area (Å²) in [6.07, 6.45) is 2.27. The van der Waals surface area contributed by atoms with E-state index in [4.69, 9.17) is 9.47 Å². The lowest BCUT2D eigenvalue weighted by molar-refractivity contribution is -0.123. The van der Waals surface area contributed by atoms with Crippen molar-refractivity contribution in [1.82, 2.24) is 20.3 Å². The van der Waals surface area contributed by atoms with Gasteiger partial charge in [-0.1, -0.05) is 18.2 Å². The third-order valence-corrected chi connectivity index (χ3v) is 4.58. The van der Waals surface area contributed by atoms with Gasteiger partial charge in [0.2, 0.25) is 5.88 Å². The van der Waals surface area contributed by atoms with E-state index < -0.39 is 0 Å². The molecule has 7 nitrogen and oxygen atoms in total. The number of amides is 1. The molecule has 2 heterocycles. The number of benzene rings is 2. The van der Waals surface area contributed by atoms with Crippen LogP contribution < -0.4 is 14.8 Å². The minimum Gasteiger partial charge on any atom is -0.484 e. The van der Waals surface area contributed by atoms with Crippen LogP contribution in [0.4, 0.5) is 0 Å². The van der Waals surface area contributed by atoms with Gasteiger partial charge in [0.15, 0.2) is 6.61 Å². The number of rotatable bonds is 8. The summed E-state index contributed by atoms with van der Waals surface area (Å²) < 4.78 is 11.2. The second kappa shape index (κ2) is 9.67. The molecule has 31 heavy (non-hydrogen) atoms. The van der Waals surface area contributed by atoms with E-state index in [9.17, 15) is 4.79 Å². The number of aryl methyl sites for hydroxylation is 1. The molecule has 0 aliphatic carbocycles. The Morgan fingerprint density at radius 3 is 2.35 bits per heavy atom. The lowest BCUT2D eigenvalue weighted by atomic mass is 10.2. The Bertz CT molecular complexity index is 1160. The predicted octanol–water partition coefficient (Wildman–Crippen LogP) is 3.86. The molecule has 0 fully saturated rings. The van der Waals surface area contributed by atoms with Crippen molar-refractivity contribution in [2.75, 3.05) is 13.2 Å². The van der Waals surface area contributed by atoms with Crippen LogP contribution >= 0.6 is 0 Å². The maximum absolute atomic E-state index is 12.1. The Morgan fingerprint density at radius 1 is 0.903 bits per heavy atom. The van der Waals surface area contributed by atoms with E-state index in [2.05, 4.69) is 20.3 Å². The summed E-state index contributed by atoms with van der Waals surface area (Å²) in [6.45, 7) is 2.33. The first-order valence-corrected chi connectivity index (χ1v) is 9.98. The van der Waals surface area contributed by atoms with Gasteiger partial charge >= 0.3 is 0 Å². The second-order valence-electron chi connectivity index (χ2n) is 6.87. The standard InChI is InChI=1S/C24H22N4O3/c1-17-20(28-22-7-3-2-6-21(22)27-17)13-15-25-23(29)16-30-18-9-11-19(12-10-18)31-24-8-4-5-14-26-24/h2-12,14H,13,15-16H2,1H3,(H,25,29). The first kappa shape index (κ1) is 20.3. The molecule has 1 amide bonds. The second-order valence-corrected chi connectivity index (χ2v) is 6.87. The fourth-order valence-electron chi connectivity index (χ4n) is 3.01. The topological polar surface area (TPSA) is 86.2 Å². The van der Waals surface area contributed by atoms with E-state index in [-0.39, 0.29) is 12.5 Å². The number of carbonyl (C=O) groups excluding carboxylic acids is 1. The molecule has 4 aromatic rings. The summed E-state index contributed by atoms with van der Waals surface area (Å²) in [4.78, 5) is 25.4. The van der Waals surface area contributed by atoms with E-state index in [1.807, 2.05) is 43.3 Å². The lowest BCUT2D eigenvalue weighted by Crippen LogP contribution is -2.30. The average molecular weight is 414 g/mol. The van der Waals surface area contributed by atoms with Crippen molar-refractivity contribution in [3.8, 4) is 17.4 Å². The van der Waals surface area contributed by atoms with Crippen LogP contribution in [0, 0.1) is 6.92 Å². The van der Waals surface area contributed by atoms with Gasteiger partial charge in [-0.3, -0.25) is 4.79 Å². The summed E-state index contributed by atoms with van der Waals surface area (Å²) in [5, 5.41) is 2.86. The number of nitrogens with zero attached hydrogens (tertiary/aromatic N) is 3. The molecule has 7 heteroatoms. The molecule has 2 aromatic carbocycles. The molecule has 0 bridgehead atoms. The van der Waals surface area contributed by atoms with Crippen molar-refractivity contribution in [2.45, 2.75) is 13.3 Å². The Hall–Kier alpha value is -4.00. The van der Waals surface area contributed by atoms with Gasteiger partial charge in [0.1, 0.15) is 11.5 Å². The van der Waals surface area contributed by atoms with E-state index in [0.717, 1.165) is 22.4 Å². The molecule has 4 rings (SSSR count). The fraction of sp³-hybridized carbons (Fsp3) is 0.167. The van der Waals surface area contributed by atoms with Gasteiger partial charge in [-0.25, -0.2) is 15.0 Å². The van der Waals surface area contributed by atoms with Crippen LogP contribution in [0.2, 0.25) is 0 Å². The van der Waals surface area contributed by atoms with Gasteiger partial charge in [-0.2, -0.15) is 0 Å². The monoisotopic (exact) mass is 414 g/mol. The summed E-state index contributed by atoms with van der Waals surface area (Å²) in [5.41, 5.74) is 3.48. The number of nitrogens with one attached hydrogen (secondary N) is 1. The van der Waals surface area contributed by atoms with Crippen LogP contribution in [0.5, 0.6) is 17.4 Å². The van der Waals surface area contributed by atoms with Crippen LogP contribution in [0.3, 0.4) is 0 Å². The first-order chi connectivity index (χ1) is 15.2. The molecule has 1 N–H and O–H groups in total. The highest BCUT2D eigenvalue weighted by atomic mass is 16.5. The van der Waals surface area contributed by atoms with Gasteiger partial charge in [0, 0.05) is 25.2 Å². The van der Waals surface area contributed by atoms with Crippen LogP contribution in [-0.4, -0.2) is 34.0 Å². The number of aromatic nitrogens is 3. The largest absolute Gasteiger partial charge is 0.484 e. The van der Waals surface area contributed by atoms with Crippen LogP contribution in [-0.2, 0) is 11.2 Å². The zero-order valence-corrected chi connectivity index (χ0v) is 17.1. The minimum absolute atomic E-state index is 0.0666. The zero-order valence-electron chi connectivity index (χ0n) is 17.1. The van der Waals surface area contributed by atoms with Crippen LogP contribution in [0.15, 0.2) is 72.9 Å². The number of fused-ring (bicyclic) bond motifs is 1. The molecule has 0 aliphatic heterocycles. The first-order valence-electron chi connectivity index (χ1n) is 9.98. The number of hydrogen-bond acceptors (Lipinski definition) is 6. The number of carbonyl (C=O) groups is 1. The van der Waals surface area contributed by atoms with Crippen molar-refractivity contribution >= 4 is 16.9 Å². The van der Waals surface area contributed by atoms with E-state index in [0.29, 0.717) is 30.3 Å². The van der Waals surface area contributed by atoms with Crippen molar-refractivity contribution in [3.05, 3.63) is 84.3 Å². The smallest absolute Gasteiger partial charge is 0.257 e. The van der Waals surface area contributed by atoms with E-state index in [1.54, 1.807) is 36.5 Å². The predicted molar refractivity (Wildman–Crippen MR) is 117 cm³/mol. The minimum atomic E-state index is -0.194. The summed E-state index contributed by atoms with van der Waals surface area (Å²) in [6, 6.07) is 20.2. The fourth-order valence-corrected chi connectivity index (χ4v) is 3.01. The highest BCUT2D eigenvalue weighted by molar-refractivity contribution is 5.77. The summed E-state index contributed by atoms with van der Waals surface area (Å²) in [7, 11) is 0. The van der Waals surface area contributed by atoms with Crippen LogP contribution in [0.25, 0.3) is 11.0 Å². The van der Waals surface area contributed by atoms with Gasteiger partial charge < -0.3 is 14.8 Å². The maximum Gasteiger partial charge on any atom is 0.257 e. The highest BCUT2D eigenvalue weighted by Gasteiger charge is 2.07. The van der Waals surface area contributed by atoms with Gasteiger partial charge in [-0.15, -0.1) is 0 Å². The quantitative estimate of drug-likeness (QED) is 0.471. The Balaban J connectivity index is 1.23. The molecule has 0 saturated heterocycles. The van der Waals surface area contributed by atoms with Gasteiger partial charge in [-0.05, 0) is 49.4 Å². The SMILES string of the molecule is Cc1nc2ccccc2nc1CCNC(=O)COc1ccc(Oc2ccccn2)cc1. The number of ether oxygens (including phenoxy) is 2. The molecule has 0 saturated carbocycles. The van der Waals surface area contributed by atoms with Crippen LogP contribution in [0.1, 0.15) is 11.4 Å². The Labute approximate surface area is 180 Å². The normalized spacial score (nSPS) is 10.6. The van der Waals surface area contributed by atoms with Crippen molar-refractivity contribution in [2.24, 2.45) is 0 Å². The third-order valence-electron chi connectivity index (χ3n) is 4.58. The molecule has 0 spiro atoms. The maximum atomic E-state index is 12.1. The molecular weight excluding hydrogens is 392 g/mol. The highest BCUT2D eigenvalue weighted by Crippen LogP contribution is 2.22. The number of para-hydroxylation sites is 2. The Kier molecular flexibility index (Phi) is 6.32. The number of pyridine rings is 1. The van der Waals surface area contributed by atoms with Crippen molar-refractivity contribution < 1.29 is 14.3 Å². The zero-order chi connectivity index (χ0) is 21.5. The molecule has 0 radical (unpaired) electrons. The average Bonchev–Trinajstić information content (AvgIpc) is 2.79. The van der Waals surface area contributed by atoms with Gasteiger partial charge in [0.05, 0.1) is 22.4 Å². The third kappa shape index (κ3) is 5.54. The van der Waals surface area contributed by atoms with Gasteiger partial charge in [0.25, 0.3) is 5.91 Å². The molecule has 0 unspecified atom stereocenters. The molecule has 156 valence electrons. The molecule has 0 atom stereocenters.